The van der Waals surface area contributed by atoms with E-state index in [9.17, 15) is 9.59 Å². The number of nitrogens with one attached hydrogen (secondary N) is 1. The number of piperidine rings is 1. The van der Waals surface area contributed by atoms with Crippen molar-refractivity contribution in [3.63, 3.8) is 0 Å². The molecule has 10 heteroatoms. The van der Waals surface area contributed by atoms with E-state index in [2.05, 4.69) is 43.6 Å². The van der Waals surface area contributed by atoms with Gasteiger partial charge in [0.2, 0.25) is 0 Å². The molecule has 6 rings (SSSR count). The van der Waals surface area contributed by atoms with Gasteiger partial charge in [0.25, 0.3) is 11.8 Å². The number of amides is 2. The van der Waals surface area contributed by atoms with Crippen LogP contribution in [0, 0.1) is 0 Å². The molecule has 0 unspecified atom stereocenters. The molecule has 192 valence electrons. The minimum absolute atomic E-state index is 0.0145. The third-order valence-corrected chi connectivity index (χ3v) is 7.53. The van der Waals surface area contributed by atoms with Gasteiger partial charge in [0.1, 0.15) is 11.5 Å². The van der Waals surface area contributed by atoms with Crippen molar-refractivity contribution in [3.8, 4) is 5.82 Å². The van der Waals surface area contributed by atoms with Crippen molar-refractivity contribution in [1.82, 2.24) is 28.9 Å². The van der Waals surface area contributed by atoms with Gasteiger partial charge in [-0.3, -0.25) is 14.3 Å². The van der Waals surface area contributed by atoms with Gasteiger partial charge in [-0.05, 0) is 82.7 Å². The first-order chi connectivity index (χ1) is 18.5. The summed E-state index contributed by atoms with van der Waals surface area (Å²) in [5, 5.41) is 11.4. The molecule has 5 heterocycles. The zero-order chi connectivity index (χ0) is 26.2. The average Bonchev–Trinajstić information content (AvgIpc) is 3.68. The van der Waals surface area contributed by atoms with Crippen LogP contribution in [-0.2, 0) is 7.05 Å². The molecule has 38 heavy (non-hydrogen) atoms. The van der Waals surface area contributed by atoms with E-state index in [1.165, 1.54) is 5.56 Å². The molecule has 1 saturated heterocycles. The van der Waals surface area contributed by atoms with E-state index in [4.69, 9.17) is 0 Å². The highest BCUT2D eigenvalue weighted by molar-refractivity contribution is 9.10. The number of carbonyl (C=O) groups excluding carboxylic acids is 2. The van der Waals surface area contributed by atoms with Gasteiger partial charge in [-0.15, -0.1) is 0 Å². The fourth-order valence-electron chi connectivity index (χ4n) is 5.04. The number of aromatic nitrogens is 5. The van der Waals surface area contributed by atoms with Crippen LogP contribution in [0.15, 0.2) is 83.9 Å². The van der Waals surface area contributed by atoms with Crippen LogP contribution >= 0.6 is 15.9 Å². The topological polar surface area (TPSA) is 89.5 Å². The molecule has 0 atom stereocenters. The highest BCUT2D eigenvalue weighted by Crippen LogP contribution is 2.30. The third kappa shape index (κ3) is 4.63. The molecule has 2 amide bonds. The van der Waals surface area contributed by atoms with Crippen LogP contribution in [0.5, 0.6) is 0 Å². The van der Waals surface area contributed by atoms with Crippen molar-refractivity contribution in [1.29, 1.82) is 0 Å². The molecule has 5 aromatic rings. The zero-order valence-corrected chi connectivity index (χ0v) is 22.4. The van der Waals surface area contributed by atoms with Crippen molar-refractivity contribution in [3.05, 3.63) is 101 Å². The van der Waals surface area contributed by atoms with Crippen LogP contribution in [0.3, 0.4) is 0 Å². The molecule has 0 bridgehead atoms. The maximum Gasteiger partial charge on any atom is 0.272 e. The fraction of sp³-hybridized carbons (Fsp3) is 0.214. The Balaban J connectivity index is 1.10. The van der Waals surface area contributed by atoms with E-state index >= 15 is 0 Å². The van der Waals surface area contributed by atoms with Gasteiger partial charge in [-0.25, -0.2) is 4.68 Å². The summed E-state index contributed by atoms with van der Waals surface area (Å²) in [7, 11) is 1.78. The SMILES string of the molecule is Cn1cc(C(=O)Nc2ccc(C3CCN(C(=O)c4ccnn4-c4ccc5ccc(Br)cn45)CC3)cc2)cn1. The van der Waals surface area contributed by atoms with E-state index < -0.39 is 0 Å². The van der Waals surface area contributed by atoms with Crippen molar-refractivity contribution in [2.45, 2.75) is 18.8 Å². The van der Waals surface area contributed by atoms with Crippen LogP contribution in [0.1, 0.15) is 45.2 Å². The molecule has 9 nitrogen and oxygen atoms in total. The lowest BCUT2D eigenvalue weighted by molar-refractivity contribution is 0.0703. The molecule has 0 saturated carbocycles. The van der Waals surface area contributed by atoms with Crippen LogP contribution in [0.2, 0.25) is 0 Å². The van der Waals surface area contributed by atoms with Crippen LogP contribution in [0.4, 0.5) is 5.69 Å². The van der Waals surface area contributed by atoms with Gasteiger partial charge in [0.05, 0.1) is 18.0 Å². The Morgan fingerprint density at radius 1 is 0.947 bits per heavy atom. The fourth-order valence-corrected chi connectivity index (χ4v) is 5.38. The predicted octanol–water partition coefficient (Wildman–Crippen LogP) is 4.89. The lowest BCUT2D eigenvalue weighted by Crippen LogP contribution is -2.38. The van der Waals surface area contributed by atoms with Gasteiger partial charge in [-0.2, -0.15) is 10.2 Å². The second kappa shape index (κ2) is 9.94. The standard InChI is InChI=1S/C28H26BrN7O2/c1-33-17-21(16-31-33)27(37)32-23-5-2-19(3-6-23)20-11-14-34(15-12-20)28(38)25-10-13-30-36(25)26-9-8-24-7-4-22(29)18-35(24)26/h2-10,13,16-18,20H,11-12,14-15H2,1H3,(H,32,37). The summed E-state index contributed by atoms with van der Waals surface area (Å²) in [5.74, 6) is 0.983. The van der Waals surface area contributed by atoms with Gasteiger partial charge in [0, 0.05) is 48.2 Å². The van der Waals surface area contributed by atoms with E-state index in [1.54, 1.807) is 41.1 Å². The van der Waals surface area contributed by atoms with Crippen molar-refractivity contribution in [2.75, 3.05) is 18.4 Å². The Morgan fingerprint density at radius 2 is 1.71 bits per heavy atom. The van der Waals surface area contributed by atoms with Crippen molar-refractivity contribution in [2.24, 2.45) is 7.05 Å². The number of nitrogens with zero attached hydrogens (tertiary/aromatic N) is 6. The zero-order valence-electron chi connectivity index (χ0n) is 20.8. The number of anilines is 1. The Kier molecular flexibility index (Phi) is 6.32. The second-order valence-electron chi connectivity index (χ2n) is 9.51. The molecule has 1 aliphatic heterocycles. The summed E-state index contributed by atoms with van der Waals surface area (Å²) < 4.78 is 6.29. The monoisotopic (exact) mass is 571 g/mol. The largest absolute Gasteiger partial charge is 0.337 e. The molecule has 1 N–H and O–H groups in total. The minimum Gasteiger partial charge on any atom is -0.337 e. The summed E-state index contributed by atoms with van der Waals surface area (Å²) in [6.07, 6.45) is 8.63. The van der Waals surface area contributed by atoms with Gasteiger partial charge in [0.15, 0.2) is 0 Å². The molecule has 1 aliphatic rings. The Labute approximate surface area is 227 Å². The third-order valence-electron chi connectivity index (χ3n) is 7.06. The summed E-state index contributed by atoms with van der Waals surface area (Å²) in [4.78, 5) is 27.8. The summed E-state index contributed by atoms with van der Waals surface area (Å²) in [5.41, 5.74) is 4.06. The number of halogens is 1. The number of rotatable bonds is 5. The number of hydrogen-bond donors (Lipinski definition) is 1. The summed E-state index contributed by atoms with van der Waals surface area (Å²) in [6, 6.07) is 17.8. The van der Waals surface area contributed by atoms with Crippen molar-refractivity contribution >= 4 is 38.9 Å². The number of pyridine rings is 1. The average molecular weight is 572 g/mol. The summed E-state index contributed by atoms with van der Waals surface area (Å²) in [6.45, 7) is 1.35. The van der Waals surface area contributed by atoms with Crippen LogP contribution < -0.4 is 5.32 Å². The Hall–Kier alpha value is -4.18. The predicted molar refractivity (Wildman–Crippen MR) is 148 cm³/mol. The first-order valence-electron chi connectivity index (χ1n) is 12.5. The smallest absolute Gasteiger partial charge is 0.272 e. The highest BCUT2D eigenvalue weighted by atomic mass is 79.9. The summed E-state index contributed by atoms with van der Waals surface area (Å²) >= 11 is 3.53. The molecule has 1 fully saturated rings. The van der Waals surface area contributed by atoms with E-state index in [0.29, 0.717) is 30.3 Å². The van der Waals surface area contributed by atoms with Gasteiger partial charge in [-0.1, -0.05) is 12.1 Å². The number of benzene rings is 1. The first-order valence-corrected chi connectivity index (χ1v) is 13.3. The Bertz CT molecular complexity index is 1620. The quantitative estimate of drug-likeness (QED) is 0.325. The van der Waals surface area contributed by atoms with Gasteiger partial charge < -0.3 is 14.6 Å². The maximum atomic E-state index is 13.5. The van der Waals surface area contributed by atoms with E-state index in [-0.39, 0.29) is 11.8 Å². The van der Waals surface area contributed by atoms with Crippen LogP contribution in [-0.4, -0.2) is 53.8 Å². The van der Waals surface area contributed by atoms with E-state index in [0.717, 1.165) is 34.3 Å². The molecule has 4 aromatic heterocycles. The molecular weight excluding hydrogens is 546 g/mol. The van der Waals surface area contributed by atoms with E-state index in [1.807, 2.05) is 51.9 Å². The second-order valence-corrected chi connectivity index (χ2v) is 10.4. The maximum absolute atomic E-state index is 13.5. The molecule has 0 spiro atoms. The minimum atomic E-state index is -0.183. The first kappa shape index (κ1) is 24.2. The molecule has 1 aromatic carbocycles. The lowest BCUT2D eigenvalue weighted by atomic mass is 9.89. The number of carbonyl (C=O) groups is 2. The van der Waals surface area contributed by atoms with Gasteiger partial charge >= 0.3 is 0 Å². The Morgan fingerprint density at radius 3 is 2.45 bits per heavy atom. The van der Waals surface area contributed by atoms with Crippen molar-refractivity contribution < 1.29 is 9.59 Å². The number of likely N-dealkylation sites (tertiary alicyclic amines) is 1. The molecule has 0 radical (unpaired) electrons. The van der Waals surface area contributed by atoms with Crippen LogP contribution in [0.25, 0.3) is 11.3 Å². The molecule has 0 aliphatic carbocycles. The number of fused-ring (bicyclic) bond motifs is 1. The number of hydrogen-bond acceptors (Lipinski definition) is 4. The normalized spacial score (nSPS) is 14.2. The number of aryl methyl sites for hydroxylation is 1. The highest BCUT2D eigenvalue weighted by Gasteiger charge is 2.27. The lowest BCUT2D eigenvalue weighted by Gasteiger charge is -2.32. The molecular formula is C28H26BrN7O2.